The molecule has 0 aliphatic carbocycles. The van der Waals surface area contributed by atoms with E-state index in [-0.39, 0.29) is 34.6 Å². The monoisotopic (exact) mass is 359 g/mol. The zero-order chi connectivity index (χ0) is 16.3. The van der Waals surface area contributed by atoms with Crippen LogP contribution in [0.1, 0.15) is 19.8 Å². The summed E-state index contributed by atoms with van der Waals surface area (Å²) in [6.07, 6.45) is 1.81. The molecule has 5 nitrogen and oxygen atoms in total. The molecular formula is C14H12Cl3N3O2. The van der Waals surface area contributed by atoms with E-state index in [0.29, 0.717) is 16.5 Å². The van der Waals surface area contributed by atoms with Gasteiger partial charge in [-0.25, -0.2) is 4.68 Å². The maximum Gasteiger partial charge on any atom is 0.225 e. The maximum atomic E-state index is 11.8. The number of hydrogen-bond acceptors (Lipinski definition) is 3. The number of benzene rings is 1. The van der Waals surface area contributed by atoms with Crippen molar-refractivity contribution in [2.24, 2.45) is 0 Å². The van der Waals surface area contributed by atoms with Gasteiger partial charge in [-0.15, -0.1) is 0 Å². The van der Waals surface area contributed by atoms with Gasteiger partial charge < -0.3 is 10.1 Å². The fourth-order valence-electron chi connectivity index (χ4n) is 1.76. The van der Waals surface area contributed by atoms with Crippen LogP contribution in [0, 0.1) is 0 Å². The van der Waals surface area contributed by atoms with Gasteiger partial charge in [-0.05, 0) is 19.1 Å². The first kappa shape index (κ1) is 16.8. The standard InChI is InChI=1S/C14H12Cl3N3O2/c1-8(21)2-5-12(22)19-11-6-7-18-20(11)10-4-3-9(15)13(16)14(10)17/h3-4,6-7H,2,5H2,1H3,(H,19,22). The second-order valence-electron chi connectivity index (χ2n) is 4.57. The summed E-state index contributed by atoms with van der Waals surface area (Å²) >= 11 is 18.1. The van der Waals surface area contributed by atoms with Gasteiger partial charge in [-0.1, -0.05) is 34.8 Å². The summed E-state index contributed by atoms with van der Waals surface area (Å²) in [6, 6.07) is 4.85. The van der Waals surface area contributed by atoms with Crippen LogP contribution in [0.25, 0.3) is 5.69 Å². The van der Waals surface area contributed by atoms with E-state index in [1.54, 1.807) is 18.2 Å². The molecule has 0 saturated heterocycles. The molecule has 1 aromatic carbocycles. The van der Waals surface area contributed by atoms with Gasteiger partial charge in [0.25, 0.3) is 0 Å². The van der Waals surface area contributed by atoms with Crippen LogP contribution < -0.4 is 5.32 Å². The molecular weight excluding hydrogens is 349 g/mol. The van der Waals surface area contributed by atoms with Crippen molar-refractivity contribution >= 4 is 52.3 Å². The molecule has 0 radical (unpaired) electrons. The number of Topliss-reactive ketones (excluding diaryl/α,β-unsaturated/α-hetero) is 1. The van der Waals surface area contributed by atoms with Crippen molar-refractivity contribution in [3.8, 4) is 5.69 Å². The molecule has 1 N–H and O–H groups in total. The minimum absolute atomic E-state index is 0.0452. The lowest BCUT2D eigenvalue weighted by atomic mass is 10.2. The molecule has 0 fully saturated rings. The van der Waals surface area contributed by atoms with Crippen LogP contribution in [0.15, 0.2) is 24.4 Å². The Kier molecular flexibility index (Phi) is 5.45. The summed E-state index contributed by atoms with van der Waals surface area (Å²) in [5.74, 6) is 0.0955. The average molecular weight is 361 g/mol. The molecule has 0 bridgehead atoms. The van der Waals surface area contributed by atoms with Crippen molar-refractivity contribution in [1.29, 1.82) is 0 Å². The summed E-state index contributed by atoms with van der Waals surface area (Å²) in [5, 5.41) is 7.57. The quantitative estimate of drug-likeness (QED) is 0.815. The van der Waals surface area contributed by atoms with Gasteiger partial charge in [0.2, 0.25) is 5.91 Å². The number of rotatable bonds is 5. The predicted octanol–water partition coefficient (Wildman–Crippen LogP) is 4.14. The Hall–Kier alpha value is -1.56. The van der Waals surface area contributed by atoms with Crippen LogP contribution >= 0.6 is 34.8 Å². The number of nitrogens with zero attached hydrogens (tertiary/aromatic N) is 2. The number of halogens is 3. The van der Waals surface area contributed by atoms with Crippen molar-refractivity contribution in [2.75, 3.05) is 5.32 Å². The first-order valence-corrected chi connectivity index (χ1v) is 7.50. The van der Waals surface area contributed by atoms with E-state index < -0.39 is 0 Å². The SMILES string of the molecule is CC(=O)CCC(=O)Nc1ccnn1-c1ccc(Cl)c(Cl)c1Cl. The van der Waals surface area contributed by atoms with Gasteiger partial charge in [0.15, 0.2) is 0 Å². The number of carbonyl (C=O) groups is 2. The Morgan fingerprint density at radius 1 is 1.14 bits per heavy atom. The largest absolute Gasteiger partial charge is 0.311 e. The molecule has 0 aliphatic rings. The van der Waals surface area contributed by atoms with Gasteiger partial charge in [0, 0.05) is 18.9 Å². The normalized spacial score (nSPS) is 10.5. The van der Waals surface area contributed by atoms with E-state index in [0.717, 1.165) is 0 Å². The van der Waals surface area contributed by atoms with Crippen molar-refractivity contribution in [3.63, 3.8) is 0 Å². The molecule has 8 heteroatoms. The van der Waals surface area contributed by atoms with E-state index in [1.165, 1.54) is 17.8 Å². The Morgan fingerprint density at radius 3 is 2.55 bits per heavy atom. The molecule has 0 aliphatic heterocycles. The Morgan fingerprint density at radius 2 is 1.86 bits per heavy atom. The molecule has 1 aromatic heterocycles. The van der Waals surface area contributed by atoms with Gasteiger partial charge in [-0.3, -0.25) is 4.79 Å². The first-order valence-electron chi connectivity index (χ1n) is 6.37. The van der Waals surface area contributed by atoms with E-state index in [4.69, 9.17) is 34.8 Å². The minimum atomic E-state index is -0.284. The fraction of sp³-hybridized carbons (Fsp3) is 0.214. The third kappa shape index (κ3) is 3.80. The Bertz CT molecular complexity index is 728. The van der Waals surface area contributed by atoms with Crippen LogP contribution in [0.5, 0.6) is 0 Å². The lowest BCUT2D eigenvalue weighted by Gasteiger charge is -2.11. The van der Waals surface area contributed by atoms with E-state index >= 15 is 0 Å². The van der Waals surface area contributed by atoms with Crippen molar-refractivity contribution in [2.45, 2.75) is 19.8 Å². The summed E-state index contributed by atoms with van der Waals surface area (Å²) in [5.41, 5.74) is 0.489. The van der Waals surface area contributed by atoms with Crippen molar-refractivity contribution < 1.29 is 9.59 Å². The Labute approximate surface area is 142 Å². The van der Waals surface area contributed by atoms with E-state index in [2.05, 4.69) is 10.4 Å². The fourth-order valence-corrected chi connectivity index (χ4v) is 2.37. The molecule has 22 heavy (non-hydrogen) atoms. The van der Waals surface area contributed by atoms with Crippen LogP contribution in [0.4, 0.5) is 5.82 Å². The molecule has 0 atom stereocenters. The van der Waals surface area contributed by atoms with Gasteiger partial charge in [0.05, 0.1) is 27.0 Å². The molecule has 0 unspecified atom stereocenters. The predicted molar refractivity (Wildman–Crippen MR) is 87.1 cm³/mol. The average Bonchev–Trinajstić information content (AvgIpc) is 2.91. The summed E-state index contributed by atoms with van der Waals surface area (Å²) in [7, 11) is 0. The highest BCUT2D eigenvalue weighted by Gasteiger charge is 2.15. The van der Waals surface area contributed by atoms with Gasteiger partial charge in [-0.2, -0.15) is 5.10 Å². The smallest absolute Gasteiger partial charge is 0.225 e. The molecule has 116 valence electrons. The molecule has 0 saturated carbocycles. The number of ketones is 1. The number of anilines is 1. The highest BCUT2D eigenvalue weighted by molar-refractivity contribution is 6.48. The lowest BCUT2D eigenvalue weighted by Crippen LogP contribution is -2.15. The van der Waals surface area contributed by atoms with Gasteiger partial charge >= 0.3 is 0 Å². The van der Waals surface area contributed by atoms with E-state index in [1.807, 2.05) is 0 Å². The zero-order valence-electron chi connectivity index (χ0n) is 11.6. The van der Waals surface area contributed by atoms with Crippen molar-refractivity contribution in [1.82, 2.24) is 9.78 Å². The highest BCUT2D eigenvalue weighted by Crippen LogP contribution is 2.35. The molecule has 1 amide bonds. The molecule has 2 aromatic rings. The summed E-state index contributed by atoms with van der Waals surface area (Å²) < 4.78 is 1.44. The third-order valence-corrected chi connectivity index (χ3v) is 4.14. The highest BCUT2D eigenvalue weighted by atomic mass is 35.5. The second-order valence-corrected chi connectivity index (χ2v) is 5.74. The Balaban J connectivity index is 2.25. The topological polar surface area (TPSA) is 64.0 Å². The third-order valence-electron chi connectivity index (χ3n) is 2.86. The first-order chi connectivity index (χ1) is 10.4. The van der Waals surface area contributed by atoms with Crippen LogP contribution in [-0.2, 0) is 9.59 Å². The van der Waals surface area contributed by atoms with Crippen LogP contribution in [0.3, 0.4) is 0 Å². The molecule has 0 spiro atoms. The number of carbonyl (C=O) groups excluding carboxylic acids is 2. The minimum Gasteiger partial charge on any atom is -0.311 e. The summed E-state index contributed by atoms with van der Waals surface area (Å²) in [4.78, 5) is 22.7. The zero-order valence-corrected chi connectivity index (χ0v) is 13.8. The van der Waals surface area contributed by atoms with Crippen LogP contribution in [0.2, 0.25) is 15.1 Å². The number of hydrogen-bond donors (Lipinski definition) is 1. The van der Waals surface area contributed by atoms with Crippen molar-refractivity contribution in [3.05, 3.63) is 39.5 Å². The lowest BCUT2D eigenvalue weighted by molar-refractivity contribution is -0.121. The maximum absolute atomic E-state index is 11.8. The summed E-state index contributed by atoms with van der Waals surface area (Å²) in [6.45, 7) is 1.44. The van der Waals surface area contributed by atoms with Gasteiger partial charge in [0.1, 0.15) is 11.6 Å². The number of aromatic nitrogens is 2. The number of amides is 1. The second kappa shape index (κ2) is 7.13. The molecule has 1 heterocycles. The number of nitrogens with one attached hydrogen (secondary N) is 1. The molecule has 2 rings (SSSR count). The van der Waals surface area contributed by atoms with Crippen LogP contribution in [-0.4, -0.2) is 21.5 Å². The van der Waals surface area contributed by atoms with E-state index in [9.17, 15) is 9.59 Å².